The van der Waals surface area contributed by atoms with E-state index in [1.54, 1.807) is 20.3 Å². The molecule has 5 heteroatoms. The van der Waals surface area contributed by atoms with Gasteiger partial charge in [-0.3, -0.25) is 5.32 Å². The van der Waals surface area contributed by atoms with E-state index in [4.69, 9.17) is 0 Å². The lowest BCUT2D eigenvalue weighted by Gasteiger charge is -2.08. The van der Waals surface area contributed by atoms with Crippen molar-refractivity contribution in [1.82, 2.24) is 9.88 Å². The van der Waals surface area contributed by atoms with E-state index in [9.17, 15) is 4.79 Å². The molecule has 1 rings (SSSR count). The summed E-state index contributed by atoms with van der Waals surface area (Å²) >= 11 is 1.46. The minimum absolute atomic E-state index is 0.149. The van der Waals surface area contributed by atoms with E-state index < -0.39 is 0 Å². The van der Waals surface area contributed by atoms with Crippen LogP contribution in [0.15, 0.2) is 6.20 Å². The second-order valence-electron chi connectivity index (χ2n) is 2.60. The molecule has 0 saturated heterocycles. The van der Waals surface area contributed by atoms with Gasteiger partial charge in [0, 0.05) is 25.2 Å². The number of thiazole rings is 1. The maximum Gasteiger partial charge on any atom is 0.323 e. The molecule has 66 valence electrons. The number of urea groups is 1. The lowest BCUT2D eigenvalue weighted by Crippen LogP contribution is -2.27. The van der Waals surface area contributed by atoms with Gasteiger partial charge in [0.2, 0.25) is 0 Å². The van der Waals surface area contributed by atoms with Crippen molar-refractivity contribution >= 4 is 22.5 Å². The van der Waals surface area contributed by atoms with E-state index in [0.717, 1.165) is 4.88 Å². The van der Waals surface area contributed by atoms with E-state index in [0.29, 0.717) is 5.13 Å². The molecule has 0 atom stereocenters. The zero-order valence-electron chi connectivity index (χ0n) is 7.29. The lowest BCUT2D eigenvalue weighted by atomic mass is 10.7. The molecule has 0 bridgehead atoms. The van der Waals surface area contributed by atoms with Crippen molar-refractivity contribution in [2.45, 2.75) is 6.92 Å². The molecule has 2 amide bonds. The highest BCUT2D eigenvalue weighted by Gasteiger charge is 2.05. The van der Waals surface area contributed by atoms with Gasteiger partial charge >= 0.3 is 6.03 Å². The van der Waals surface area contributed by atoms with Gasteiger partial charge in [-0.15, -0.1) is 11.3 Å². The predicted octanol–water partition coefficient (Wildman–Crippen LogP) is 1.55. The molecule has 0 radical (unpaired) electrons. The molecule has 0 fully saturated rings. The second kappa shape index (κ2) is 3.53. The van der Waals surface area contributed by atoms with Crippen LogP contribution in [0.2, 0.25) is 0 Å². The molecule has 1 aromatic heterocycles. The summed E-state index contributed by atoms with van der Waals surface area (Å²) in [6.07, 6.45) is 1.73. The Balaban J connectivity index is 2.58. The van der Waals surface area contributed by atoms with Gasteiger partial charge in [-0.2, -0.15) is 0 Å². The van der Waals surface area contributed by atoms with Crippen molar-refractivity contribution in [3.8, 4) is 0 Å². The number of hydrogen-bond acceptors (Lipinski definition) is 3. The van der Waals surface area contributed by atoms with Crippen LogP contribution in [0.3, 0.4) is 0 Å². The highest BCUT2D eigenvalue weighted by atomic mass is 32.1. The molecule has 0 aromatic carbocycles. The first-order valence-corrected chi connectivity index (χ1v) is 4.32. The number of rotatable bonds is 1. The van der Waals surface area contributed by atoms with Gasteiger partial charge in [-0.05, 0) is 6.92 Å². The molecule has 0 aliphatic carbocycles. The largest absolute Gasteiger partial charge is 0.331 e. The van der Waals surface area contributed by atoms with E-state index in [1.807, 2.05) is 6.92 Å². The van der Waals surface area contributed by atoms with Crippen molar-refractivity contribution in [3.63, 3.8) is 0 Å². The third kappa shape index (κ3) is 2.20. The summed E-state index contributed by atoms with van der Waals surface area (Å²) < 4.78 is 0. The fraction of sp³-hybridized carbons (Fsp3) is 0.429. The first-order valence-electron chi connectivity index (χ1n) is 3.50. The van der Waals surface area contributed by atoms with Crippen molar-refractivity contribution in [2.24, 2.45) is 0 Å². The molecule has 0 saturated carbocycles. The molecule has 12 heavy (non-hydrogen) atoms. The first kappa shape index (κ1) is 8.99. The predicted molar refractivity (Wildman–Crippen MR) is 49.6 cm³/mol. The van der Waals surface area contributed by atoms with Crippen LogP contribution in [0, 0.1) is 6.92 Å². The zero-order chi connectivity index (χ0) is 9.14. The van der Waals surface area contributed by atoms with Gasteiger partial charge in [0.25, 0.3) is 0 Å². The zero-order valence-corrected chi connectivity index (χ0v) is 8.10. The van der Waals surface area contributed by atoms with Gasteiger partial charge < -0.3 is 4.90 Å². The van der Waals surface area contributed by atoms with Crippen LogP contribution in [0.1, 0.15) is 4.88 Å². The summed E-state index contributed by atoms with van der Waals surface area (Å²) in [5.41, 5.74) is 0. The Labute approximate surface area is 75.2 Å². The lowest BCUT2D eigenvalue weighted by molar-refractivity contribution is 0.230. The van der Waals surface area contributed by atoms with Crippen molar-refractivity contribution in [1.29, 1.82) is 0 Å². The average Bonchev–Trinajstić information content (AvgIpc) is 2.35. The topological polar surface area (TPSA) is 45.2 Å². The summed E-state index contributed by atoms with van der Waals surface area (Å²) in [4.78, 5) is 17.7. The maximum absolute atomic E-state index is 11.1. The molecule has 1 N–H and O–H groups in total. The monoisotopic (exact) mass is 185 g/mol. The van der Waals surface area contributed by atoms with Gasteiger partial charge in [-0.25, -0.2) is 9.78 Å². The molecular weight excluding hydrogens is 174 g/mol. The van der Waals surface area contributed by atoms with Crippen LogP contribution < -0.4 is 5.32 Å². The number of aromatic nitrogens is 1. The number of aryl methyl sites for hydroxylation is 1. The molecule has 0 spiro atoms. The Morgan fingerprint density at radius 2 is 2.33 bits per heavy atom. The highest BCUT2D eigenvalue weighted by molar-refractivity contribution is 7.15. The van der Waals surface area contributed by atoms with Crippen molar-refractivity contribution in [3.05, 3.63) is 11.1 Å². The number of carbonyl (C=O) groups excluding carboxylic acids is 1. The Kier molecular flexibility index (Phi) is 2.65. The van der Waals surface area contributed by atoms with Crippen LogP contribution >= 0.6 is 11.3 Å². The summed E-state index contributed by atoms with van der Waals surface area (Å²) in [7, 11) is 3.38. The standard InChI is InChI=1S/C7H11N3OS/c1-5-4-8-6(12-5)9-7(11)10(2)3/h4H,1-3H3,(H,8,9,11). The second-order valence-corrected chi connectivity index (χ2v) is 3.84. The fourth-order valence-electron chi connectivity index (χ4n) is 0.616. The third-order valence-electron chi connectivity index (χ3n) is 1.24. The molecule has 0 aliphatic heterocycles. The normalized spacial score (nSPS) is 9.58. The Bertz CT molecular complexity index is 282. The third-order valence-corrected chi connectivity index (χ3v) is 2.07. The van der Waals surface area contributed by atoms with Gasteiger partial charge in [-0.1, -0.05) is 0 Å². The molecular formula is C7H11N3OS. The van der Waals surface area contributed by atoms with E-state index in [2.05, 4.69) is 10.3 Å². The smallest absolute Gasteiger partial charge is 0.323 e. The summed E-state index contributed by atoms with van der Waals surface area (Å²) in [6.45, 7) is 1.95. The minimum atomic E-state index is -0.149. The molecule has 0 unspecified atom stereocenters. The Morgan fingerprint density at radius 1 is 1.67 bits per heavy atom. The van der Waals surface area contributed by atoms with Crippen LogP contribution in [-0.4, -0.2) is 30.0 Å². The minimum Gasteiger partial charge on any atom is -0.331 e. The number of carbonyl (C=O) groups is 1. The van der Waals surface area contributed by atoms with Gasteiger partial charge in [0.15, 0.2) is 5.13 Å². The number of amides is 2. The van der Waals surface area contributed by atoms with E-state index in [1.165, 1.54) is 16.2 Å². The molecule has 1 aromatic rings. The first-order chi connectivity index (χ1) is 5.59. The highest BCUT2D eigenvalue weighted by Crippen LogP contribution is 2.16. The Morgan fingerprint density at radius 3 is 2.75 bits per heavy atom. The number of hydrogen-bond donors (Lipinski definition) is 1. The molecule has 0 aliphatic rings. The number of nitrogens with zero attached hydrogens (tertiary/aromatic N) is 2. The number of nitrogens with one attached hydrogen (secondary N) is 1. The Hall–Kier alpha value is -1.10. The van der Waals surface area contributed by atoms with Crippen LogP contribution in [-0.2, 0) is 0 Å². The molecule has 1 heterocycles. The van der Waals surface area contributed by atoms with Gasteiger partial charge in [0.1, 0.15) is 0 Å². The average molecular weight is 185 g/mol. The van der Waals surface area contributed by atoms with E-state index in [-0.39, 0.29) is 6.03 Å². The quantitative estimate of drug-likeness (QED) is 0.721. The molecule has 4 nitrogen and oxygen atoms in total. The van der Waals surface area contributed by atoms with Crippen LogP contribution in [0.4, 0.5) is 9.93 Å². The number of anilines is 1. The van der Waals surface area contributed by atoms with Crippen LogP contribution in [0.25, 0.3) is 0 Å². The fourth-order valence-corrected chi connectivity index (χ4v) is 1.27. The SMILES string of the molecule is Cc1cnc(NC(=O)N(C)C)s1. The van der Waals surface area contributed by atoms with E-state index >= 15 is 0 Å². The summed E-state index contributed by atoms with van der Waals surface area (Å²) in [5, 5.41) is 3.30. The van der Waals surface area contributed by atoms with Crippen molar-refractivity contribution in [2.75, 3.05) is 19.4 Å². The summed E-state index contributed by atoms with van der Waals surface area (Å²) in [5.74, 6) is 0. The van der Waals surface area contributed by atoms with Crippen LogP contribution in [0.5, 0.6) is 0 Å². The summed E-state index contributed by atoms with van der Waals surface area (Å²) in [6, 6.07) is -0.149. The van der Waals surface area contributed by atoms with Crippen molar-refractivity contribution < 1.29 is 4.79 Å². The maximum atomic E-state index is 11.1. The van der Waals surface area contributed by atoms with Gasteiger partial charge in [0.05, 0.1) is 0 Å².